The number of rotatable bonds is 11. The first-order valence-corrected chi connectivity index (χ1v) is 15.8. The highest BCUT2D eigenvalue weighted by Crippen LogP contribution is 2.40. The lowest BCUT2D eigenvalue weighted by Crippen LogP contribution is -2.40. The molecule has 7 N–H and O–H groups in total. The van der Waals surface area contributed by atoms with Gasteiger partial charge < -0.3 is 36.3 Å². The highest BCUT2D eigenvalue weighted by Gasteiger charge is 2.43. The molecule has 1 aromatic heterocycles. The van der Waals surface area contributed by atoms with Crippen molar-refractivity contribution in [3.63, 3.8) is 0 Å². The number of thiol groups is 1. The number of aromatic amines is 1. The topological polar surface area (TPSA) is 181 Å². The molecular formula is C33H44N4O7S. The second-order valence-electron chi connectivity index (χ2n) is 12.4. The number of carbonyl (C=O) groups is 4. The summed E-state index contributed by atoms with van der Waals surface area (Å²) in [6.45, 7) is 11.2. The molecule has 0 aliphatic carbocycles. The van der Waals surface area contributed by atoms with Gasteiger partial charge in [0.15, 0.2) is 5.72 Å². The van der Waals surface area contributed by atoms with Crippen LogP contribution in [-0.4, -0.2) is 61.1 Å². The summed E-state index contributed by atoms with van der Waals surface area (Å²) in [4.78, 5) is 51.6. The zero-order chi connectivity index (χ0) is 33.4. The zero-order valence-electron chi connectivity index (χ0n) is 26.6. The molecule has 2 amide bonds. The first-order valence-electron chi connectivity index (χ1n) is 15.3. The third-order valence-corrected chi connectivity index (χ3v) is 9.85. The lowest BCUT2D eigenvalue weighted by Gasteiger charge is -2.26. The molecule has 1 unspecified atom stereocenters. The van der Waals surface area contributed by atoms with Gasteiger partial charge in [0.25, 0.3) is 0 Å². The molecule has 4 rings (SSSR count). The molecule has 0 aromatic carbocycles. The maximum absolute atomic E-state index is 12.5. The average Bonchev–Trinajstić information content (AvgIpc) is 3.57. The molecule has 244 valence electrons. The SMILES string of the molecule is C/C=C1/C(=O)N[C@H](Cc2[nH]c(/C=C3\N[C@](O)(/C=C4\NC(=O)[C@H](C)[C@H]4[C@H](C)S)C(C)=C3CCC(=O)O)c(CCC(=O)O)c2C)C1C. The van der Waals surface area contributed by atoms with Crippen molar-refractivity contribution in [1.29, 1.82) is 0 Å². The molecular weight excluding hydrogens is 596 g/mol. The molecule has 0 saturated carbocycles. The van der Waals surface area contributed by atoms with E-state index in [2.05, 4.69) is 33.6 Å². The van der Waals surface area contributed by atoms with Gasteiger partial charge in [-0.25, -0.2) is 0 Å². The Labute approximate surface area is 268 Å². The van der Waals surface area contributed by atoms with Crippen LogP contribution in [0.3, 0.4) is 0 Å². The maximum atomic E-state index is 12.5. The number of amides is 2. The summed E-state index contributed by atoms with van der Waals surface area (Å²) >= 11 is 4.58. The van der Waals surface area contributed by atoms with Gasteiger partial charge >= 0.3 is 11.9 Å². The largest absolute Gasteiger partial charge is 0.481 e. The Morgan fingerprint density at radius 2 is 1.71 bits per heavy atom. The van der Waals surface area contributed by atoms with E-state index in [-0.39, 0.29) is 66.5 Å². The molecule has 4 heterocycles. The molecule has 0 bridgehead atoms. The normalized spacial score (nSPS) is 29.9. The second-order valence-corrected chi connectivity index (χ2v) is 13.2. The number of carbonyl (C=O) groups excluding carboxylic acids is 2. The van der Waals surface area contributed by atoms with Crippen LogP contribution in [0.1, 0.15) is 76.4 Å². The van der Waals surface area contributed by atoms with E-state index in [4.69, 9.17) is 0 Å². The van der Waals surface area contributed by atoms with Gasteiger partial charge in [-0.15, -0.1) is 0 Å². The molecule has 11 nitrogen and oxygen atoms in total. The van der Waals surface area contributed by atoms with Crippen molar-refractivity contribution in [2.45, 2.75) is 90.7 Å². The Kier molecular flexibility index (Phi) is 10.1. The molecule has 6 atom stereocenters. The monoisotopic (exact) mass is 640 g/mol. The lowest BCUT2D eigenvalue weighted by molar-refractivity contribution is -0.138. The zero-order valence-corrected chi connectivity index (χ0v) is 27.5. The van der Waals surface area contributed by atoms with Crippen molar-refractivity contribution in [3.8, 4) is 0 Å². The van der Waals surface area contributed by atoms with Gasteiger partial charge in [-0.1, -0.05) is 26.8 Å². The van der Waals surface area contributed by atoms with Gasteiger partial charge in [-0.05, 0) is 68.0 Å². The molecule has 45 heavy (non-hydrogen) atoms. The van der Waals surface area contributed by atoms with E-state index < -0.39 is 17.7 Å². The van der Waals surface area contributed by atoms with Gasteiger partial charge in [0.05, 0.1) is 0 Å². The first-order chi connectivity index (χ1) is 21.1. The van der Waals surface area contributed by atoms with Gasteiger partial charge in [-0.2, -0.15) is 12.6 Å². The van der Waals surface area contributed by atoms with E-state index in [0.717, 1.165) is 22.4 Å². The number of carboxylic acids is 2. The highest BCUT2D eigenvalue weighted by atomic mass is 32.1. The van der Waals surface area contributed by atoms with E-state index in [1.807, 2.05) is 40.7 Å². The summed E-state index contributed by atoms with van der Waals surface area (Å²) in [6.07, 6.45) is 5.79. The summed E-state index contributed by atoms with van der Waals surface area (Å²) in [5.74, 6) is -2.79. The van der Waals surface area contributed by atoms with E-state index >= 15 is 0 Å². The quantitative estimate of drug-likeness (QED) is 0.134. The average molecular weight is 641 g/mol. The number of H-pyrrole nitrogens is 1. The Bertz CT molecular complexity index is 1530. The van der Waals surface area contributed by atoms with Crippen molar-refractivity contribution < 1.29 is 34.5 Å². The molecule has 2 saturated heterocycles. The Hall–Kier alpha value is -3.77. The second kappa shape index (κ2) is 13.3. The van der Waals surface area contributed by atoms with Crippen LogP contribution in [0.4, 0.5) is 0 Å². The third-order valence-electron chi connectivity index (χ3n) is 9.53. The minimum absolute atomic E-state index is 0.00943. The number of hydrogen-bond donors (Lipinski definition) is 8. The molecule has 2 fully saturated rings. The minimum Gasteiger partial charge on any atom is -0.481 e. The van der Waals surface area contributed by atoms with E-state index in [1.54, 1.807) is 19.1 Å². The van der Waals surface area contributed by atoms with Crippen molar-refractivity contribution in [2.24, 2.45) is 17.8 Å². The highest BCUT2D eigenvalue weighted by molar-refractivity contribution is 7.80. The first kappa shape index (κ1) is 34.1. The molecule has 3 aliphatic rings. The van der Waals surface area contributed by atoms with Crippen LogP contribution >= 0.6 is 12.6 Å². The van der Waals surface area contributed by atoms with Crippen LogP contribution < -0.4 is 16.0 Å². The molecule has 0 radical (unpaired) electrons. The van der Waals surface area contributed by atoms with Crippen LogP contribution in [0.2, 0.25) is 0 Å². The molecule has 0 spiro atoms. The fourth-order valence-corrected chi connectivity index (χ4v) is 7.24. The summed E-state index contributed by atoms with van der Waals surface area (Å²) in [7, 11) is 0. The van der Waals surface area contributed by atoms with Crippen molar-refractivity contribution in [2.75, 3.05) is 0 Å². The van der Waals surface area contributed by atoms with Crippen molar-refractivity contribution >= 4 is 42.5 Å². The summed E-state index contributed by atoms with van der Waals surface area (Å²) < 4.78 is 0. The predicted molar refractivity (Wildman–Crippen MR) is 173 cm³/mol. The minimum atomic E-state index is -1.72. The number of aliphatic carboxylic acids is 2. The number of aliphatic hydroxyl groups is 1. The summed E-state index contributed by atoms with van der Waals surface area (Å²) in [6, 6.07) is -0.144. The summed E-state index contributed by atoms with van der Waals surface area (Å²) in [5.41, 5.74) is 4.31. The van der Waals surface area contributed by atoms with E-state index in [9.17, 15) is 34.5 Å². The van der Waals surface area contributed by atoms with Crippen LogP contribution in [0.15, 0.2) is 40.3 Å². The predicted octanol–water partition coefficient (Wildman–Crippen LogP) is 3.36. The Morgan fingerprint density at radius 1 is 1.07 bits per heavy atom. The van der Waals surface area contributed by atoms with Gasteiger partial charge in [0.2, 0.25) is 11.8 Å². The lowest BCUT2D eigenvalue weighted by atomic mass is 9.89. The van der Waals surface area contributed by atoms with E-state index in [0.29, 0.717) is 34.7 Å². The Balaban J connectivity index is 1.78. The molecule has 3 aliphatic heterocycles. The number of aromatic nitrogens is 1. The Morgan fingerprint density at radius 3 is 2.29 bits per heavy atom. The number of carboxylic acid groups (broad SMARTS) is 2. The number of hydrogen-bond acceptors (Lipinski definition) is 7. The standard InChI is InChI=1S/C33H44N4O7S/c1-7-20-15(2)24(35-32(20)43)12-23-16(3)21(8-10-28(38)39)25(34-23)13-26-22(9-11-29(40)41)18(5)33(44,37-26)14-27-30(19(6)45)17(4)31(42)36-27/h7,13-15,17,19,24,30,34,37,44-45H,8-12H2,1-6H3,(H,35,43)(H,36,42)(H,38,39)(H,40,41)/b20-7+,26-13-,27-14-/t15?,17-,19+,24-,30+,33+/m1/s1. The van der Waals surface area contributed by atoms with Gasteiger partial charge in [-0.3, -0.25) is 19.2 Å². The van der Waals surface area contributed by atoms with Crippen LogP contribution in [0.5, 0.6) is 0 Å². The third kappa shape index (κ3) is 6.91. The van der Waals surface area contributed by atoms with Crippen LogP contribution in [0.25, 0.3) is 6.08 Å². The number of nitrogens with one attached hydrogen (secondary N) is 4. The summed E-state index contributed by atoms with van der Waals surface area (Å²) in [5, 5.41) is 39.8. The van der Waals surface area contributed by atoms with Gasteiger partial charge in [0.1, 0.15) is 0 Å². The van der Waals surface area contributed by atoms with Gasteiger partial charge in [0, 0.05) is 76.7 Å². The smallest absolute Gasteiger partial charge is 0.303 e. The maximum Gasteiger partial charge on any atom is 0.303 e. The molecule has 1 aromatic rings. The van der Waals surface area contributed by atoms with Crippen molar-refractivity contribution in [3.05, 3.63) is 62.8 Å². The van der Waals surface area contributed by atoms with E-state index in [1.165, 1.54) is 0 Å². The van der Waals surface area contributed by atoms with Crippen LogP contribution in [0, 0.1) is 24.7 Å². The molecule has 12 heteroatoms. The van der Waals surface area contributed by atoms with Crippen LogP contribution in [-0.2, 0) is 32.0 Å². The van der Waals surface area contributed by atoms with Crippen molar-refractivity contribution in [1.82, 2.24) is 20.9 Å². The fourth-order valence-electron chi connectivity index (χ4n) is 6.82. The fraction of sp³-hybridized carbons (Fsp3) is 0.515. The number of allylic oxidation sites excluding steroid dienone is 3.